The monoisotopic (exact) mass is 410 g/mol. The number of likely N-dealkylation sites (N-methyl/N-ethyl adjacent to an activating group) is 1. The highest BCUT2D eigenvalue weighted by molar-refractivity contribution is 5.92. The zero-order chi connectivity index (χ0) is 21.5. The van der Waals surface area contributed by atoms with Gasteiger partial charge in [-0.05, 0) is 49.0 Å². The van der Waals surface area contributed by atoms with Crippen LogP contribution in [0.1, 0.15) is 35.9 Å². The molecule has 0 aliphatic carbocycles. The second-order valence-corrected chi connectivity index (χ2v) is 6.82. The lowest BCUT2D eigenvalue weighted by molar-refractivity contribution is 0.0929. The number of amides is 1. The lowest BCUT2D eigenvalue weighted by Crippen LogP contribution is -2.38. The first-order chi connectivity index (χ1) is 14.6. The highest BCUT2D eigenvalue weighted by Gasteiger charge is 2.20. The minimum Gasteiger partial charge on any atom is -0.497 e. The van der Waals surface area contributed by atoms with Crippen molar-refractivity contribution in [3.05, 3.63) is 77.9 Å². The molecule has 0 spiro atoms. The number of hydrogen-bond donors (Lipinski definition) is 1. The van der Waals surface area contributed by atoms with Crippen molar-refractivity contribution < 1.29 is 13.9 Å². The molecule has 1 unspecified atom stereocenters. The number of carbonyl (C=O) groups excluding carboxylic acids is 1. The standard InChI is InChI=1S/C23H27FN4O2/c1-4-27(5-2)22(17-9-8-10-18(15-17)30-3)16-25-23(29)20-13-14-28(26-20)21-12-7-6-11-19(21)24/h6-15,22H,4-5,16H2,1-3H3,(H,25,29). The van der Waals surface area contributed by atoms with Crippen molar-refractivity contribution in [2.75, 3.05) is 26.7 Å². The summed E-state index contributed by atoms with van der Waals surface area (Å²) >= 11 is 0. The van der Waals surface area contributed by atoms with Crippen LogP contribution in [-0.4, -0.2) is 47.3 Å². The Hall–Kier alpha value is -3.19. The maximum Gasteiger partial charge on any atom is 0.271 e. The Morgan fingerprint density at radius 2 is 1.93 bits per heavy atom. The Morgan fingerprint density at radius 1 is 1.17 bits per heavy atom. The van der Waals surface area contributed by atoms with Crippen molar-refractivity contribution in [2.45, 2.75) is 19.9 Å². The van der Waals surface area contributed by atoms with Gasteiger partial charge in [-0.15, -0.1) is 0 Å². The van der Waals surface area contributed by atoms with Crippen LogP contribution < -0.4 is 10.1 Å². The Labute approximate surface area is 176 Å². The van der Waals surface area contributed by atoms with E-state index in [-0.39, 0.29) is 17.6 Å². The third kappa shape index (κ3) is 4.86. The third-order valence-corrected chi connectivity index (χ3v) is 5.11. The molecular formula is C23H27FN4O2. The molecule has 1 amide bonds. The number of methoxy groups -OCH3 is 1. The molecule has 0 aliphatic rings. The van der Waals surface area contributed by atoms with Gasteiger partial charge in [0.05, 0.1) is 13.2 Å². The molecule has 3 aromatic rings. The van der Waals surface area contributed by atoms with Crippen molar-refractivity contribution in [1.82, 2.24) is 20.0 Å². The molecule has 1 heterocycles. The summed E-state index contributed by atoms with van der Waals surface area (Å²) < 4.78 is 20.7. The zero-order valence-electron chi connectivity index (χ0n) is 17.5. The number of ether oxygens (including phenoxy) is 1. The summed E-state index contributed by atoms with van der Waals surface area (Å²) in [7, 11) is 1.64. The van der Waals surface area contributed by atoms with Gasteiger partial charge in [0.2, 0.25) is 0 Å². The van der Waals surface area contributed by atoms with Gasteiger partial charge in [0.25, 0.3) is 5.91 Å². The van der Waals surface area contributed by atoms with Gasteiger partial charge >= 0.3 is 0 Å². The van der Waals surface area contributed by atoms with E-state index in [4.69, 9.17) is 4.74 Å². The lowest BCUT2D eigenvalue weighted by atomic mass is 10.0. The van der Waals surface area contributed by atoms with Gasteiger partial charge in [-0.1, -0.05) is 38.1 Å². The van der Waals surface area contributed by atoms with Gasteiger partial charge in [-0.2, -0.15) is 5.10 Å². The van der Waals surface area contributed by atoms with Crippen LogP contribution in [0.3, 0.4) is 0 Å². The molecule has 158 valence electrons. The van der Waals surface area contributed by atoms with Gasteiger partial charge in [-0.3, -0.25) is 9.69 Å². The number of hydrogen-bond acceptors (Lipinski definition) is 4. The topological polar surface area (TPSA) is 59.4 Å². The normalized spacial score (nSPS) is 12.0. The van der Waals surface area contributed by atoms with Gasteiger partial charge in [0.1, 0.15) is 17.3 Å². The summed E-state index contributed by atoms with van der Waals surface area (Å²) in [6.45, 7) is 6.29. The predicted octanol–water partition coefficient (Wildman–Crippen LogP) is 3.83. The van der Waals surface area contributed by atoms with E-state index >= 15 is 0 Å². The smallest absolute Gasteiger partial charge is 0.271 e. The van der Waals surface area contributed by atoms with Crippen molar-refractivity contribution >= 4 is 5.91 Å². The molecule has 0 fully saturated rings. The summed E-state index contributed by atoms with van der Waals surface area (Å²) in [6, 6.07) is 15.8. The van der Waals surface area contributed by atoms with Crippen LogP contribution in [0.25, 0.3) is 5.69 Å². The minimum atomic E-state index is -0.396. The van der Waals surface area contributed by atoms with Crippen molar-refractivity contribution in [3.63, 3.8) is 0 Å². The maximum absolute atomic E-state index is 14.0. The molecule has 3 rings (SSSR count). The quantitative estimate of drug-likeness (QED) is 0.582. The van der Waals surface area contributed by atoms with E-state index in [0.717, 1.165) is 24.4 Å². The molecule has 2 aromatic carbocycles. The maximum atomic E-state index is 14.0. The van der Waals surface area contributed by atoms with Crippen LogP contribution in [0.4, 0.5) is 4.39 Å². The number of nitrogens with one attached hydrogen (secondary N) is 1. The molecule has 1 atom stereocenters. The highest BCUT2D eigenvalue weighted by atomic mass is 19.1. The summed E-state index contributed by atoms with van der Waals surface area (Å²) in [5.74, 6) is 0.0805. The summed E-state index contributed by atoms with van der Waals surface area (Å²) in [5.41, 5.74) is 1.60. The van der Waals surface area contributed by atoms with Gasteiger partial charge in [0, 0.05) is 12.7 Å². The number of para-hydroxylation sites is 1. The van der Waals surface area contributed by atoms with E-state index in [9.17, 15) is 9.18 Å². The Bertz CT molecular complexity index is 985. The van der Waals surface area contributed by atoms with Gasteiger partial charge in [-0.25, -0.2) is 9.07 Å². The molecule has 0 saturated carbocycles. The molecule has 1 aromatic heterocycles. The largest absolute Gasteiger partial charge is 0.497 e. The number of aromatic nitrogens is 2. The molecule has 1 N–H and O–H groups in total. The van der Waals surface area contributed by atoms with Crippen LogP contribution in [0, 0.1) is 5.82 Å². The van der Waals surface area contributed by atoms with Crippen LogP contribution in [0.2, 0.25) is 0 Å². The SMILES string of the molecule is CCN(CC)C(CNC(=O)c1ccn(-c2ccccc2F)n1)c1cccc(OC)c1. The molecule has 30 heavy (non-hydrogen) atoms. The summed E-state index contributed by atoms with van der Waals surface area (Å²) in [4.78, 5) is 15.0. The van der Waals surface area contributed by atoms with Gasteiger partial charge < -0.3 is 10.1 Å². The van der Waals surface area contributed by atoms with Crippen LogP contribution >= 0.6 is 0 Å². The fourth-order valence-corrected chi connectivity index (χ4v) is 3.47. The number of halogens is 1. The molecule has 0 saturated heterocycles. The van der Waals surface area contributed by atoms with E-state index in [2.05, 4.69) is 29.2 Å². The predicted molar refractivity (Wildman–Crippen MR) is 115 cm³/mol. The van der Waals surface area contributed by atoms with Gasteiger partial charge in [0.15, 0.2) is 5.69 Å². The van der Waals surface area contributed by atoms with Crippen molar-refractivity contribution in [3.8, 4) is 11.4 Å². The Balaban J connectivity index is 1.75. The average Bonchev–Trinajstić information content (AvgIpc) is 3.27. The van der Waals surface area contributed by atoms with Crippen LogP contribution in [0.15, 0.2) is 60.8 Å². The minimum absolute atomic E-state index is 0.00676. The van der Waals surface area contributed by atoms with E-state index in [1.165, 1.54) is 10.7 Å². The summed E-state index contributed by atoms with van der Waals surface area (Å²) in [5, 5.41) is 7.21. The van der Waals surface area contributed by atoms with E-state index in [1.54, 1.807) is 37.6 Å². The Morgan fingerprint density at radius 3 is 2.63 bits per heavy atom. The van der Waals surface area contributed by atoms with Crippen molar-refractivity contribution in [1.29, 1.82) is 0 Å². The first kappa shape index (κ1) is 21.5. The molecule has 0 radical (unpaired) electrons. The first-order valence-corrected chi connectivity index (χ1v) is 10.0. The molecule has 0 aliphatic heterocycles. The molecule has 0 bridgehead atoms. The number of benzene rings is 2. The fourth-order valence-electron chi connectivity index (χ4n) is 3.47. The molecule has 7 heteroatoms. The zero-order valence-corrected chi connectivity index (χ0v) is 17.5. The second-order valence-electron chi connectivity index (χ2n) is 6.82. The van der Waals surface area contributed by atoms with Crippen LogP contribution in [-0.2, 0) is 0 Å². The number of rotatable bonds is 9. The van der Waals surface area contributed by atoms with E-state index in [1.807, 2.05) is 24.3 Å². The number of carbonyl (C=O) groups is 1. The van der Waals surface area contributed by atoms with Crippen LogP contribution in [0.5, 0.6) is 5.75 Å². The second kappa shape index (κ2) is 10.0. The highest BCUT2D eigenvalue weighted by Crippen LogP contribution is 2.24. The molecule has 6 nitrogen and oxygen atoms in total. The van der Waals surface area contributed by atoms with E-state index < -0.39 is 5.82 Å². The van der Waals surface area contributed by atoms with E-state index in [0.29, 0.717) is 12.2 Å². The number of nitrogens with zero attached hydrogens (tertiary/aromatic N) is 3. The fraction of sp³-hybridized carbons (Fsp3) is 0.304. The average molecular weight is 410 g/mol. The van der Waals surface area contributed by atoms with Crippen molar-refractivity contribution in [2.24, 2.45) is 0 Å². The Kier molecular flexibility index (Phi) is 7.19. The first-order valence-electron chi connectivity index (χ1n) is 10.0. The molecular weight excluding hydrogens is 383 g/mol. The lowest BCUT2D eigenvalue weighted by Gasteiger charge is -2.30. The summed E-state index contributed by atoms with van der Waals surface area (Å²) in [6.07, 6.45) is 1.58. The third-order valence-electron chi connectivity index (χ3n) is 5.11.